The number of benzene rings is 1. The Kier molecular flexibility index (Phi) is 6.76. The van der Waals surface area contributed by atoms with E-state index in [2.05, 4.69) is 15.3 Å². The van der Waals surface area contributed by atoms with Crippen molar-refractivity contribution < 1.29 is 14.3 Å². The molecule has 3 N–H and O–H groups in total. The van der Waals surface area contributed by atoms with Gasteiger partial charge in [-0.1, -0.05) is 36.9 Å². The second kappa shape index (κ2) is 9.03. The van der Waals surface area contributed by atoms with Crippen molar-refractivity contribution >= 4 is 35.1 Å². The van der Waals surface area contributed by atoms with Crippen molar-refractivity contribution in [1.82, 2.24) is 9.97 Å². The second-order valence-electron chi connectivity index (χ2n) is 5.04. The molecule has 0 radical (unpaired) electrons. The molecule has 1 heterocycles. The van der Waals surface area contributed by atoms with Gasteiger partial charge in [0.05, 0.1) is 11.9 Å². The number of nitrogens with two attached hydrogens (primary N) is 1. The number of hydrogen-bond donors (Lipinski definition) is 2. The fourth-order valence-electron chi connectivity index (χ4n) is 1.99. The number of amides is 1. The van der Waals surface area contributed by atoms with Crippen molar-refractivity contribution in [2.45, 2.75) is 30.7 Å². The summed E-state index contributed by atoms with van der Waals surface area (Å²) in [5.41, 5.74) is 6.65. The minimum Gasteiger partial charge on any atom is -0.462 e. The van der Waals surface area contributed by atoms with Crippen molar-refractivity contribution in [3.05, 3.63) is 42.1 Å². The Morgan fingerprint density at radius 1 is 1.28 bits per heavy atom. The van der Waals surface area contributed by atoms with Crippen LogP contribution in [-0.4, -0.2) is 33.7 Å². The van der Waals surface area contributed by atoms with E-state index in [0.717, 1.165) is 5.69 Å². The van der Waals surface area contributed by atoms with Gasteiger partial charge in [0.1, 0.15) is 11.4 Å². The Balaban J connectivity index is 2.07. The molecule has 1 aromatic carbocycles. The third kappa shape index (κ3) is 5.18. The molecule has 0 aliphatic rings. The molecule has 1 atom stereocenters. The van der Waals surface area contributed by atoms with E-state index in [0.29, 0.717) is 11.6 Å². The van der Waals surface area contributed by atoms with E-state index in [1.54, 1.807) is 6.92 Å². The molecule has 1 amide bonds. The van der Waals surface area contributed by atoms with Crippen LogP contribution in [-0.2, 0) is 9.53 Å². The molecule has 0 spiro atoms. The summed E-state index contributed by atoms with van der Waals surface area (Å²) in [6.07, 6.45) is 1.91. The van der Waals surface area contributed by atoms with E-state index in [9.17, 15) is 9.59 Å². The Morgan fingerprint density at radius 2 is 2.00 bits per heavy atom. The summed E-state index contributed by atoms with van der Waals surface area (Å²) in [4.78, 5) is 32.3. The van der Waals surface area contributed by atoms with E-state index in [4.69, 9.17) is 10.5 Å². The summed E-state index contributed by atoms with van der Waals surface area (Å²) in [5.74, 6) is -0.671. The molecule has 7 nitrogen and oxygen atoms in total. The number of thioether (sulfide) groups is 1. The van der Waals surface area contributed by atoms with Crippen LogP contribution in [0.5, 0.6) is 0 Å². The first-order valence-electron chi connectivity index (χ1n) is 7.87. The number of hydrogen-bond acceptors (Lipinski definition) is 7. The van der Waals surface area contributed by atoms with Gasteiger partial charge in [0.25, 0.3) is 0 Å². The summed E-state index contributed by atoms with van der Waals surface area (Å²) >= 11 is 1.20. The van der Waals surface area contributed by atoms with Gasteiger partial charge < -0.3 is 15.8 Å². The van der Waals surface area contributed by atoms with Gasteiger partial charge in [-0.2, -0.15) is 0 Å². The molecule has 0 aliphatic carbocycles. The zero-order valence-electron chi connectivity index (χ0n) is 14.1. The highest BCUT2D eigenvalue weighted by Crippen LogP contribution is 2.25. The van der Waals surface area contributed by atoms with E-state index < -0.39 is 5.97 Å². The third-order valence-electron chi connectivity index (χ3n) is 3.24. The molecule has 25 heavy (non-hydrogen) atoms. The molecule has 0 aliphatic heterocycles. The number of carbonyl (C=O) groups excluding carboxylic acids is 2. The number of rotatable bonds is 7. The van der Waals surface area contributed by atoms with E-state index in [1.807, 2.05) is 37.3 Å². The highest BCUT2D eigenvalue weighted by molar-refractivity contribution is 8.00. The number of nitrogen functional groups attached to an aromatic ring is 1. The van der Waals surface area contributed by atoms with Gasteiger partial charge in [0.2, 0.25) is 5.91 Å². The number of ether oxygens (including phenoxy) is 1. The van der Waals surface area contributed by atoms with Gasteiger partial charge >= 0.3 is 5.97 Å². The lowest BCUT2D eigenvalue weighted by Crippen LogP contribution is -2.25. The van der Waals surface area contributed by atoms with Crippen molar-refractivity contribution in [3.63, 3.8) is 0 Å². The molecule has 1 aromatic heterocycles. The number of anilines is 2. The molecular weight excluding hydrogens is 340 g/mol. The molecule has 2 rings (SSSR count). The predicted molar refractivity (Wildman–Crippen MR) is 97.4 cm³/mol. The first kappa shape index (κ1) is 18.7. The highest BCUT2D eigenvalue weighted by Gasteiger charge is 2.21. The van der Waals surface area contributed by atoms with Crippen LogP contribution in [0.2, 0.25) is 0 Å². The Bertz CT molecular complexity index is 740. The van der Waals surface area contributed by atoms with Crippen LogP contribution < -0.4 is 11.1 Å². The van der Waals surface area contributed by atoms with Gasteiger partial charge in [-0.3, -0.25) is 4.79 Å². The summed E-state index contributed by atoms with van der Waals surface area (Å²) in [5, 5.41) is 2.81. The quantitative estimate of drug-likeness (QED) is 0.444. The zero-order valence-corrected chi connectivity index (χ0v) is 14.9. The van der Waals surface area contributed by atoms with Crippen LogP contribution in [0, 0.1) is 0 Å². The van der Waals surface area contributed by atoms with Crippen LogP contribution >= 0.6 is 11.8 Å². The van der Waals surface area contributed by atoms with Gasteiger partial charge in [-0.15, -0.1) is 0 Å². The number of para-hydroxylation sites is 1. The largest absolute Gasteiger partial charge is 0.462 e. The summed E-state index contributed by atoms with van der Waals surface area (Å²) in [7, 11) is 0. The molecule has 0 unspecified atom stereocenters. The first-order chi connectivity index (χ1) is 12.0. The molecule has 8 heteroatoms. The lowest BCUT2D eigenvalue weighted by Gasteiger charge is -2.14. The average molecular weight is 360 g/mol. The van der Waals surface area contributed by atoms with E-state index in [1.165, 1.54) is 18.0 Å². The minimum atomic E-state index is -0.564. The number of carbonyl (C=O) groups is 2. The number of nitrogens with one attached hydrogen (secondary N) is 1. The van der Waals surface area contributed by atoms with Gasteiger partial charge in [-0.05, 0) is 25.5 Å². The summed E-state index contributed by atoms with van der Waals surface area (Å²) in [6, 6.07) is 9.21. The number of nitrogens with zero attached hydrogens (tertiary/aromatic N) is 2. The summed E-state index contributed by atoms with van der Waals surface area (Å²) in [6.45, 7) is 3.85. The van der Waals surface area contributed by atoms with Gasteiger partial charge in [0, 0.05) is 11.9 Å². The first-order valence-corrected chi connectivity index (χ1v) is 8.75. The fourth-order valence-corrected chi connectivity index (χ4v) is 2.85. The molecule has 0 bridgehead atoms. The zero-order chi connectivity index (χ0) is 18.2. The molecule has 0 fully saturated rings. The molecular formula is C17H20N4O3S. The molecule has 2 aromatic rings. The average Bonchev–Trinajstić information content (AvgIpc) is 2.60. The van der Waals surface area contributed by atoms with Crippen LogP contribution in [0.4, 0.5) is 11.5 Å². The summed E-state index contributed by atoms with van der Waals surface area (Å²) < 4.78 is 4.89. The maximum atomic E-state index is 12.4. The maximum Gasteiger partial charge on any atom is 0.343 e. The molecule has 0 saturated carbocycles. The lowest BCUT2D eigenvalue weighted by molar-refractivity contribution is -0.115. The standard InChI is InChI=1S/C17H20N4O3S/c1-3-13(15(22)20-11-8-6-5-7-9-11)25-17-19-10-12(14(18)21-17)16(23)24-4-2/h5-10,13H,3-4H2,1-2H3,(H,20,22)(H2,18,19,21)/t13-/m1/s1. The number of aromatic nitrogens is 2. The predicted octanol–water partition coefficient (Wildman–Crippen LogP) is 2.74. The van der Waals surface area contributed by atoms with Crippen LogP contribution in [0.25, 0.3) is 0 Å². The van der Waals surface area contributed by atoms with Crippen molar-refractivity contribution in [3.8, 4) is 0 Å². The van der Waals surface area contributed by atoms with E-state index >= 15 is 0 Å². The van der Waals surface area contributed by atoms with Crippen molar-refractivity contribution in [2.24, 2.45) is 0 Å². The molecule has 0 saturated heterocycles. The van der Waals surface area contributed by atoms with Crippen LogP contribution in [0.1, 0.15) is 30.6 Å². The topological polar surface area (TPSA) is 107 Å². The second-order valence-corrected chi connectivity index (χ2v) is 6.21. The lowest BCUT2D eigenvalue weighted by atomic mass is 10.3. The normalized spacial score (nSPS) is 11.6. The SMILES string of the molecule is CCOC(=O)c1cnc(S[C@H](CC)C(=O)Nc2ccccc2)nc1N. The van der Waals surface area contributed by atoms with Crippen LogP contribution in [0.15, 0.2) is 41.7 Å². The van der Waals surface area contributed by atoms with Crippen molar-refractivity contribution in [1.29, 1.82) is 0 Å². The Labute approximate surface area is 150 Å². The minimum absolute atomic E-state index is 0.0364. The smallest absolute Gasteiger partial charge is 0.343 e. The monoisotopic (exact) mass is 360 g/mol. The Morgan fingerprint density at radius 3 is 2.60 bits per heavy atom. The van der Waals surface area contributed by atoms with Crippen LogP contribution in [0.3, 0.4) is 0 Å². The maximum absolute atomic E-state index is 12.4. The fraction of sp³-hybridized carbons (Fsp3) is 0.294. The van der Waals surface area contributed by atoms with E-state index in [-0.39, 0.29) is 29.1 Å². The highest BCUT2D eigenvalue weighted by atomic mass is 32.2. The van der Waals surface area contributed by atoms with Gasteiger partial charge in [0.15, 0.2) is 5.16 Å². The molecule has 132 valence electrons. The third-order valence-corrected chi connectivity index (χ3v) is 4.48. The van der Waals surface area contributed by atoms with Gasteiger partial charge in [-0.25, -0.2) is 14.8 Å². The number of esters is 1. The van der Waals surface area contributed by atoms with Crippen molar-refractivity contribution in [2.75, 3.05) is 17.7 Å². The Hall–Kier alpha value is -2.61.